The molecule has 0 fully saturated rings. The number of fused-ring (bicyclic) bond motifs is 1. The van der Waals surface area contributed by atoms with Crippen molar-refractivity contribution in [3.05, 3.63) is 84.9 Å². The molecule has 38 heavy (non-hydrogen) atoms. The second kappa shape index (κ2) is 12.0. The molecule has 0 atom stereocenters. The summed E-state index contributed by atoms with van der Waals surface area (Å²) in [6.45, 7) is 6.84. The highest BCUT2D eigenvalue weighted by Crippen LogP contribution is 2.54. The van der Waals surface area contributed by atoms with Crippen LogP contribution in [-0.2, 0) is 9.47 Å². The van der Waals surface area contributed by atoms with E-state index in [1.807, 2.05) is 12.1 Å². The van der Waals surface area contributed by atoms with E-state index in [1.165, 1.54) is 0 Å². The topological polar surface area (TPSA) is 89.5 Å². The fraction of sp³-hybridized carbons (Fsp3) is 0.200. The van der Waals surface area contributed by atoms with E-state index in [4.69, 9.17) is 28.4 Å². The predicted molar refractivity (Wildman–Crippen MR) is 141 cm³/mol. The number of carbonyl (C=O) groups excluding carboxylic acids is 2. The Balaban J connectivity index is 1.99. The second-order valence-corrected chi connectivity index (χ2v) is 8.73. The van der Waals surface area contributed by atoms with Crippen LogP contribution in [0.2, 0.25) is 0 Å². The fourth-order valence-electron chi connectivity index (χ4n) is 3.53. The van der Waals surface area contributed by atoms with Gasteiger partial charge in [0.2, 0.25) is 11.5 Å². The summed E-state index contributed by atoms with van der Waals surface area (Å²) in [5.74, 6) is 0.937. The quantitative estimate of drug-likeness (QED) is 0.171. The maximum absolute atomic E-state index is 12.7. The Kier molecular flexibility index (Phi) is 8.33. The Bertz CT molecular complexity index is 1290. The van der Waals surface area contributed by atoms with Crippen molar-refractivity contribution in [3.8, 4) is 34.5 Å². The summed E-state index contributed by atoms with van der Waals surface area (Å²) >= 11 is 0. The van der Waals surface area contributed by atoms with Gasteiger partial charge < -0.3 is 28.4 Å². The molecule has 4 aromatic carbocycles. The molecule has 0 saturated heterocycles. The smallest absolute Gasteiger partial charge is 0.449 e. The number of ether oxygens (including phenoxy) is 6. The number of benzene rings is 4. The Morgan fingerprint density at radius 2 is 0.842 bits per heavy atom. The van der Waals surface area contributed by atoms with E-state index in [-0.39, 0.29) is 23.0 Å². The van der Waals surface area contributed by atoms with E-state index in [2.05, 4.69) is 0 Å². The minimum Gasteiger partial charge on any atom is -0.449 e. The first kappa shape index (κ1) is 26.3. The summed E-state index contributed by atoms with van der Waals surface area (Å²) in [5.41, 5.74) is 0. The molecule has 0 saturated carbocycles. The molecule has 0 amide bonds. The molecule has 0 aromatic heterocycles. The maximum Gasteiger partial charge on any atom is 0.514 e. The molecule has 4 rings (SSSR count). The second-order valence-electron chi connectivity index (χ2n) is 8.73. The highest BCUT2D eigenvalue weighted by Gasteiger charge is 2.30. The molecule has 4 aromatic rings. The van der Waals surface area contributed by atoms with Crippen molar-refractivity contribution in [1.82, 2.24) is 0 Å². The lowest BCUT2D eigenvalue weighted by Gasteiger charge is -2.21. The van der Waals surface area contributed by atoms with E-state index in [9.17, 15) is 9.59 Å². The lowest BCUT2D eigenvalue weighted by Crippen LogP contribution is -2.17. The first-order chi connectivity index (χ1) is 18.3. The van der Waals surface area contributed by atoms with E-state index in [0.717, 1.165) is 0 Å². The van der Waals surface area contributed by atoms with Gasteiger partial charge in [-0.1, -0.05) is 60.7 Å². The van der Waals surface area contributed by atoms with Crippen molar-refractivity contribution >= 4 is 23.1 Å². The summed E-state index contributed by atoms with van der Waals surface area (Å²) in [5, 5.41) is 0.846. The Labute approximate surface area is 220 Å². The fourth-order valence-corrected chi connectivity index (χ4v) is 3.53. The zero-order valence-electron chi connectivity index (χ0n) is 21.5. The number of hydrogen-bond acceptors (Lipinski definition) is 8. The summed E-state index contributed by atoms with van der Waals surface area (Å²) in [7, 11) is 0. The van der Waals surface area contributed by atoms with Gasteiger partial charge >= 0.3 is 12.3 Å². The molecule has 8 nitrogen and oxygen atoms in total. The molecule has 0 aliphatic carbocycles. The molecule has 0 aliphatic rings. The average molecular weight is 517 g/mol. The molecule has 8 heteroatoms. The molecule has 0 heterocycles. The summed E-state index contributed by atoms with van der Waals surface area (Å²) < 4.78 is 34.4. The van der Waals surface area contributed by atoms with Crippen LogP contribution in [-0.4, -0.2) is 24.5 Å². The van der Waals surface area contributed by atoms with Crippen LogP contribution in [0.4, 0.5) is 9.59 Å². The van der Waals surface area contributed by atoms with Gasteiger partial charge in [0.1, 0.15) is 11.5 Å². The van der Waals surface area contributed by atoms with Crippen molar-refractivity contribution in [2.75, 3.05) is 0 Å². The van der Waals surface area contributed by atoms with E-state index < -0.39 is 24.5 Å². The van der Waals surface area contributed by atoms with Gasteiger partial charge in [-0.15, -0.1) is 0 Å². The van der Waals surface area contributed by atoms with Crippen LogP contribution in [0.25, 0.3) is 10.8 Å². The molecule has 0 bridgehead atoms. The van der Waals surface area contributed by atoms with Crippen molar-refractivity contribution < 1.29 is 38.0 Å². The zero-order valence-corrected chi connectivity index (χ0v) is 21.5. The van der Waals surface area contributed by atoms with Crippen LogP contribution >= 0.6 is 0 Å². The average Bonchev–Trinajstić information content (AvgIpc) is 2.88. The highest BCUT2D eigenvalue weighted by atomic mass is 16.7. The minimum atomic E-state index is -0.929. The molecular weight excluding hydrogens is 488 g/mol. The number of rotatable bonds is 8. The van der Waals surface area contributed by atoms with Crippen molar-refractivity contribution in [2.24, 2.45) is 0 Å². The van der Waals surface area contributed by atoms with Gasteiger partial charge in [0, 0.05) is 10.8 Å². The number of hydrogen-bond donors (Lipinski definition) is 0. The van der Waals surface area contributed by atoms with Crippen LogP contribution in [0.3, 0.4) is 0 Å². The van der Waals surface area contributed by atoms with Gasteiger partial charge in [-0.2, -0.15) is 0 Å². The van der Waals surface area contributed by atoms with Crippen LogP contribution < -0.4 is 18.9 Å². The van der Waals surface area contributed by atoms with Gasteiger partial charge in [0.15, 0.2) is 11.5 Å². The van der Waals surface area contributed by atoms with E-state index >= 15 is 0 Å². The van der Waals surface area contributed by atoms with Crippen molar-refractivity contribution in [2.45, 2.75) is 39.9 Å². The van der Waals surface area contributed by atoms with Gasteiger partial charge in [0.05, 0.1) is 12.2 Å². The van der Waals surface area contributed by atoms with Crippen molar-refractivity contribution in [1.29, 1.82) is 0 Å². The van der Waals surface area contributed by atoms with Gasteiger partial charge in [0.25, 0.3) is 0 Å². The monoisotopic (exact) mass is 516 g/mol. The van der Waals surface area contributed by atoms with Gasteiger partial charge in [-0.3, -0.25) is 0 Å². The minimum absolute atomic E-state index is 0.00630. The lowest BCUT2D eigenvalue weighted by atomic mass is 10.1. The lowest BCUT2D eigenvalue weighted by molar-refractivity contribution is 0.0701. The normalized spacial score (nSPS) is 10.8. The molecule has 0 N–H and O–H groups in total. The largest absolute Gasteiger partial charge is 0.514 e. The predicted octanol–water partition coefficient (Wildman–Crippen LogP) is 8.27. The first-order valence-corrected chi connectivity index (χ1v) is 12.1. The Morgan fingerprint density at radius 1 is 0.500 bits per heavy atom. The van der Waals surface area contributed by atoms with Crippen LogP contribution in [0.5, 0.6) is 34.5 Å². The molecule has 0 spiro atoms. The summed E-state index contributed by atoms with van der Waals surface area (Å²) in [6.07, 6.45) is -2.69. The molecule has 0 aliphatic heterocycles. The SMILES string of the molecule is CC(C)OC(=O)Oc1c(Oc2ccccc2)c(Oc2ccccc2)c(OC(=O)OC(C)C)c2ccccc12. The van der Waals surface area contributed by atoms with Crippen molar-refractivity contribution in [3.63, 3.8) is 0 Å². The highest BCUT2D eigenvalue weighted by molar-refractivity contribution is 6.01. The van der Waals surface area contributed by atoms with Gasteiger partial charge in [-0.05, 0) is 52.0 Å². The van der Waals surface area contributed by atoms with Gasteiger partial charge in [-0.25, -0.2) is 9.59 Å². The zero-order chi connectivity index (χ0) is 27.1. The molecule has 196 valence electrons. The van der Waals surface area contributed by atoms with Crippen LogP contribution in [0, 0.1) is 0 Å². The molecule has 0 unspecified atom stereocenters. The van der Waals surface area contributed by atoms with E-state index in [0.29, 0.717) is 22.3 Å². The first-order valence-electron chi connectivity index (χ1n) is 12.1. The standard InChI is InChI=1S/C30H28O8/c1-19(2)33-29(31)37-25-23-17-11-12-18-24(23)26(38-30(32)34-20(3)4)28(36-22-15-9-6-10-16-22)27(25)35-21-13-7-5-8-14-21/h5-20H,1-4H3. The van der Waals surface area contributed by atoms with Crippen LogP contribution in [0.15, 0.2) is 84.9 Å². The Hall–Kier alpha value is -4.72. The van der Waals surface area contributed by atoms with Crippen LogP contribution in [0.1, 0.15) is 27.7 Å². The Morgan fingerprint density at radius 3 is 1.18 bits per heavy atom. The van der Waals surface area contributed by atoms with E-state index in [1.54, 1.807) is 100 Å². The summed E-state index contributed by atoms with van der Waals surface area (Å²) in [6, 6.07) is 24.7. The third kappa shape index (κ3) is 6.53. The maximum atomic E-state index is 12.7. The number of para-hydroxylation sites is 2. The molecule has 0 radical (unpaired) electrons. The third-order valence-corrected chi connectivity index (χ3v) is 5.00. The molecular formula is C30H28O8. The third-order valence-electron chi connectivity index (χ3n) is 5.00. The number of carbonyl (C=O) groups is 2. The summed E-state index contributed by atoms with van der Waals surface area (Å²) in [4.78, 5) is 25.4.